The largest absolute Gasteiger partial charge is 0.463 e. The van der Waals surface area contributed by atoms with Crippen molar-refractivity contribution < 1.29 is 28.9 Å². The van der Waals surface area contributed by atoms with Crippen LogP contribution in [0.1, 0.15) is 206 Å². The van der Waals surface area contributed by atoms with Crippen molar-refractivity contribution in [2.75, 3.05) is 13.2 Å². The van der Waals surface area contributed by atoms with Crippen molar-refractivity contribution in [1.82, 2.24) is 0 Å². The van der Waals surface area contributed by atoms with E-state index in [2.05, 4.69) is 26.0 Å². The highest BCUT2D eigenvalue weighted by atomic mass is 16.6. The van der Waals surface area contributed by atoms with Gasteiger partial charge in [-0.15, -0.1) is 0 Å². The van der Waals surface area contributed by atoms with Crippen LogP contribution in [0.3, 0.4) is 0 Å². The van der Waals surface area contributed by atoms with E-state index >= 15 is 0 Å². The van der Waals surface area contributed by atoms with E-state index in [1.165, 1.54) is 122 Å². The molecule has 0 aromatic rings. The molecule has 0 spiro atoms. The number of unbranched alkanes of at least 4 members (excludes halogenated alkanes) is 23. The summed E-state index contributed by atoms with van der Waals surface area (Å²) in [6.45, 7) is 4.27. The van der Waals surface area contributed by atoms with Crippen LogP contribution in [0, 0.1) is 0 Å². The fourth-order valence-corrected chi connectivity index (χ4v) is 6.21. The third-order valence-electron chi connectivity index (χ3n) is 9.42. The average Bonchev–Trinajstić information content (AvgIpc) is 3.83. The third kappa shape index (κ3) is 30.4. The van der Waals surface area contributed by atoms with Gasteiger partial charge < -0.3 is 19.3 Å². The molecule has 0 amide bonds. The second-order valence-corrected chi connectivity index (χ2v) is 14.1. The lowest BCUT2D eigenvalue weighted by Gasteiger charge is -2.12. The Morgan fingerprint density at radius 3 is 1.43 bits per heavy atom. The van der Waals surface area contributed by atoms with Crippen molar-refractivity contribution in [3.63, 3.8) is 0 Å². The van der Waals surface area contributed by atoms with Crippen LogP contribution in [0.15, 0.2) is 12.2 Å². The number of rotatable bonds is 36. The highest BCUT2D eigenvalue weighted by molar-refractivity contribution is 5.69. The summed E-state index contributed by atoms with van der Waals surface area (Å²) in [7, 11) is 0. The fraction of sp³-hybridized carbons (Fsp3) is 0.902. The molecule has 47 heavy (non-hydrogen) atoms. The standard InChI is InChI=1S/C41H76O6/c1-3-5-7-9-11-12-13-14-15-16-17-18-19-20-21-25-29-33-40(43)45-35-37(42)36-46-41(44)34-30-26-22-24-28-32-39-38(47-39)31-27-23-10-8-6-4-2/h23,27,37-39,42H,3-22,24-26,28-36H2,1-2H3/b27-23-/t37-,38?,39?/m1/s1. The summed E-state index contributed by atoms with van der Waals surface area (Å²) in [5, 5.41) is 10.0. The van der Waals surface area contributed by atoms with Crippen LogP contribution in [-0.4, -0.2) is 48.6 Å². The first-order chi connectivity index (χ1) is 23.1. The maximum Gasteiger partial charge on any atom is 0.305 e. The normalized spacial score (nSPS) is 16.5. The highest BCUT2D eigenvalue weighted by Crippen LogP contribution is 2.30. The van der Waals surface area contributed by atoms with Gasteiger partial charge in [-0.25, -0.2) is 0 Å². The van der Waals surface area contributed by atoms with Gasteiger partial charge in [0.1, 0.15) is 19.3 Å². The van der Waals surface area contributed by atoms with Crippen LogP contribution in [-0.2, 0) is 23.8 Å². The van der Waals surface area contributed by atoms with E-state index < -0.39 is 6.10 Å². The molecule has 0 radical (unpaired) electrons. The van der Waals surface area contributed by atoms with E-state index in [-0.39, 0.29) is 25.2 Å². The Bertz CT molecular complexity index is 737. The Kier molecular flexibility index (Phi) is 30.7. The minimum Gasteiger partial charge on any atom is -0.463 e. The lowest BCUT2D eigenvalue weighted by atomic mass is 10.0. The van der Waals surface area contributed by atoms with Gasteiger partial charge >= 0.3 is 11.9 Å². The molecule has 0 aromatic heterocycles. The van der Waals surface area contributed by atoms with Gasteiger partial charge in [0.2, 0.25) is 0 Å². The number of hydrogen-bond acceptors (Lipinski definition) is 6. The van der Waals surface area contributed by atoms with Gasteiger partial charge in [-0.1, -0.05) is 167 Å². The number of allylic oxidation sites excluding steroid dienone is 1. The molecule has 3 atom stereocenters. The van der Waals surface area contributed by atoms with Crippen molar-refractivity contribution in [3.05, 3.63) is 12.2 Å². The van der Waals surface area contributed by atoms with Gasteiger partial charge in [0.25, 0.3) is 0 Å². The van der Waals surface area contributed by atoms with Gasteiger partial charge in [0, 0.05) is 12.8 Å². The average molecular weight is 665 g/mol. The number of epoxide rings is 1. The van der Waals surface area contributed by atoms with Crippen LogP contribution >= 0.6 is 0 Å². The van der Waals surface area contributed by atoms with Crippen LogP contribution in [0.25, 0.3) is 0 Å². The molecule has 0 bridgehead atoms. The summed E-state index contributed by atoms with van der Waals surface area (Å²) < 4.78 is 16.1. The molecular weight excluding hydrogens is 588 g/mol. The van der Waals surface area contributed by atoms with Crippen molar-refractivity contribution in [1.29, 1.82) is 0 Å². The predicted octanol–water partition coefficient (Wildman–Crippen LogP) is 11.5. The quantitative estimate of drug-likeness (QED) is 0.0310. The van der Waals surface area contributed by atoms with Gasteiger partial charge in [0.05, 0.1) is 12.2 Å². The molecule has 0 aromatic carbocycles. The molecule has 1 fully saturated rings. The zero-order valence-corrected chi connectivity index (χ0v) is 31.0. The molecule has 1 aliphatic rings. The Morgan fingerprint density at radius 1 is 0.553 bits per heavy atom. The van der Waals surface area contributed by atoms with Crippen molar-refractivity contribution >= 4 is 11.9 Å². The number of ether oxygens (including phenoxy) is 3. The molecule has 1 aliphatic heterocycles. The second-order valence-electron chi connectivity index (χ2n) is 14.1. The van der Waals surface area contributed by atoms with Crippen LogP contribution in [0.4, 0.5) is 0 Å². The topological polar surface area (TPSA) is 85.4 Å². The summed E-state index contributed by atoms with van der Waals surface area (Å²) in [6.07, 6.45) is 40.0. The first-order valence-electron chi connectivity index (χ1n) is 20.4. The smallest absolute Gasteiger partial charge is 0.305 e. The molecule has 1 heterocycles. The lowest BCUT2D eigenvalue weighted by molar-refractivity contribution is -0.152. The zero-order chi connectivity index (χ0) is 34.0. The third-order valence-corrected chi connectivity index (χ3v) is 9.42. The Morgan fingerprint density at radius 2 is 0.957 bits per heavy atom. The van der Waals surface area contributed by atoms with E-state index in [0.717, 1.165) is 57.8 Å². The molecule has 2 unspecified atom stereocenters. The number of aliphatic hydroxyl groups excluding tert-OH is 1. The van der Waals surface area contributed by atoms with Crippen molar-refractivity contribution in [2.45, 2.75) is 225 Å². The van der Waals surface area contributed by atoms with Crippen molar-refractivity contribution in [3.8, 4) is 0 Å². The zero-order valence-electron chi connectivity index (χ0n) is 31.0. The van der Waals surface area contributed by atoms with Crippen LogP contribution < -0.4 is 0 Å². The predicted molar refractivity (Wildman–Crippen MR) is 196 cm³/mol. The van der Waals surface area contributed by atoms with E-state index in [9.17, 15) is 14.7 Å². The summed E-state index contributed by atoms with van der Waals surface area (Å²) in [5.74, 6) is -0.578. The number of carbonyl (C=O) groups excluding carboxylic acids is 2. The van der Waals surface area contributed by atoms with E-state index in [4.69, 9.17) is 14.2 Å². The SMILES string of the molecule is CCCCC/C=C\CC1OC1CCCCCCCC(=O)OC[C@H](O)COC(=O)CCCCCCCCCCCCCCCCCCC. The minimum absolute atomic E-state index is 0.119. The maximum atomic E-state index is 12.0. The van der Waals surface area contributed by atoms with Gasteiger partial charge in [-0.2, -0.15) is 0 Å². The molecule has 276 valence electrons. The van der Waals surface area contributed by atoms with Gasteiger partial charge in [-0.05, 0) is 38.5 Å². The van der Waals surface area contributed by atoms with Gasteiger partial charge in [-0.3, -0.25) is 9.59 Å². The Labute approximate surface area is 290 Å². The molecule has 0 saturated carbocycles. The van der Waals surface area contributed by atoms with E-state index in [1.54, 1.807) is 0 Å². The fourth-order valence-electron chi connectivity index (χ4n) is 6.21. The van der Waals surface area contributed by atoms with Gasteiger partial charge in [0.15, 0.2) is 0 Å². The van der Waals surface area contributed by atoms with E-state index in [1.807, 2.05) is 0 Å². The first-order valence-corrected chi connectivity index (χ1v) is 20.4. The molecule has 6 nitrogen and oxygen atoms in total. The van der Waals surface area contributed by atoms with Crippen LogP contribution in [0.2, 0.25) is 0 Å². The molecule has 1 rings (SSSR count). The first kappa shape index (κ1) is 43.6. The molecular formula is C41H76O6. The summed E-state index contributed by atoms with van der Waals surface area (Å²) in [4.78, 5) is 24.0. The molecule has 0 aliphatic carbocycles. The molecule has 1 N–H and O–H groups in total. The molecule has 6 heteroatoms. The summed E-state index contributed by atoms with van der Waals surface area (Å²) in [5.41, 5.74) is 0. The molecule has 1 saturated heterocycles. The monoisotopic (exact) mass is 665 g/mol. The number of carbonyl (C=O) groups is 2. The van der Waals surface area contributed by atoms with E-state index in [0.29, 0.717) is 25.0 Å². The minimum atomic E-state index is -0.969. The summed E-state index contributed by atoms with van der Waals surface area (Å²) in [6, 6.07) is 0. The second kappa shape index (κ2) is 33.1. The Balaban J connectivity index is 1.80. The number of esters is 2. The lowest BCUT2D eigenvalue weighted by Crippen LogP contribution is -2.25. The van der Waals surface area contributed by atoms with Crippen LogP contribution in [0.5, 0.6) is 0 Å². The summed E-state index contributed by atoms with van der Waals surface area (Å²) >= 11 is 0. The highest BCUT2D eigenvalue weighted by Gasteiger charge is 2.36. The number of hydrogen-bond donors (Lipinski definition) is 1. The Hall–Kier alpha value is -1.40. The maximum absolute atomic E-state index is 12.0. The van der Waals surface area contributed by atoms with Crippen molar-refractivity contribution in [2.24, 2.45) is 0 Å². The number of aliphatic hydroxyl groups is 1.